The Morgan fingerprint density at radius 2 is 1.89 bits per heavy atom. The van der Waals surface area contributed by atoms with E-state index in [9.17, 15) is 4.79 Å². The van der Waals surface area contributed by atoms with Gasteiger partial charge in [0, 0.05) is 18.5 Å². The third kappa shape index (κ3) is 5.10. The van der Waals surface area contributed by atoms with Gasteiger partial charge in [0.05, 0.1) is 13.1 Å². The summed E-state index contributed by atoms with van der Waals surface area (Å²) < 4.78 is 5.06. The quantitative estimate of drug-likeness (QED) is 0.760. The first-order valence-electron chi connectivity index (χ1n) is 9.81. The van der Waals surface area contributed by atoms with Gasteiger partial charge in [-0.2, -0.15) is 4.98 Å². The Bertz CT molecular complexity index is 757. The van der Waals surface area contributed by atoms with Gasteiger partial charge in [-0.3, -0.25) is 9.69 Å². The summed E-state index contributed by atoms with van der Waals surface area (Å²) in [4.78, 5) is 21.8. The average Bonchev–Trinajstić information content (AvgIpc) is 3.46. The van der Waals surface area contributed by atoms with E-state index >= 15 is 0 Å². The molecule has 0 unspecified atom stereocenters. The van der Waals surface area contributed by atoms with Crippen LogP contribution >= 0.6 is 12.4 Å². The van der Waals surface area contributed by atoms with E-state index in [1.165, 1.54) is 5.56 Å². The van der Waals surface area contributed by atoms with Gasteiger partial charge < -0.3 is 15.2 Å². The first kappa shape index (κ1) is 20.8. The van der Waals surface area contributed by atoms with Crippen LogP contribution in [0.25, 0.3) is 0 Å². The Morgan fingerprint density at radius 1 is 1.18 bits per heavy atom. The van der Waals surface area contributed by atoms with Crippen LogP contribution < -0.4 is 5.73 Å². The number of carbonyl (C=O) groups is 1. The normalized spacial score (nSPS) is 17.9. The molecule has 1 aliphatic heterocycles. The largest absolute Gasteiger partial charge is 0.338 e. The van der Waals surface area contributed by atoms with Crippen molar-refractivity contribution < 1.29 is 9.32 Å². The lowest BCUT2D eigenvalue weighted by molar-refractivity contribution is -0.138. The summed E-state index contributed by atoms with van der Waals surface area (Å²) in [5.74, 6) is 1.58. The predicted octanol–water partition coefficient (Wildman–Crippen LogP) is 2.35. The monoisotopic (exact) mass is 405 g/mol. The predicted molar refractivity (Wildman–Crippen MR) is 107 cm³/mol. The number of amides is 1. The number of hydrogen-bond acceptors (Lipinski definition) is 6. The number of nitrogens with two attached hydrogens (primary N) is 1. The minimum absolute atomic E-state index is 0. The molecule has 2 N–H and O–H groups in total. The zero-order valence-corrected chi connectivity index (χ0v) is 16.8. The Morgan fingerprint density at radius 3 is 2.50 bits per heavy atom. The molecule has 0 bridgehead atoms. The second-order valence-corrected chi connectivity index (χ2v) is 7.54. The lowest BCUT2D eigenvalue weighted by Gasteiger charge is -2.34. The minimum atomic E-state index is 0. The van der Waals surface area contributed by atoms with Gasteiger partial charge in [0.2, 0.25) is 11.8 Å². The number of halogens is 1. The van der Waals surface area contributed by atoms with Crippen molar-refractivity contribution in [3.8, 4) is 0 Å². The van der Waals surface area contributed by atoms with Crippen molar-refractivity contribution >= 4 is 18.3 Å². The molecule has 1 amide bonds. The number of aromatic nitrogens is 2. The smallest absolute Gasteiger partial charge is 0.240 e. The lowest BCUT2D eigenvalue weighted by Crippen LogP contribution is -2.43. The third-order valence-corrected chi connectivity index (χ3v) is 5.45. The fraction of sp³-hybridized carbons (Fsp3) is 0.550. The SMILES string of the molecule is Cl.NCc1nc(CN2CCC(C(=O)N(Cc3ccccc3)C3CC3)CC2)no1. The van der Waals surface area contributed by atoms with Gasteiger partial charge >= 0.3 is 0 Å². The molecule has 0 spiro atoms. The molecule has 1 aliphatic carbocycles. The van der Waals surface area contributed by atoms with Gasteiger partial charge in [-0.1, -0.05) is 35.5 Å². The summed E-state index contributed by atoms with van der Waals surface area (Å²) in [6.45, 7) is 3.41. The van der Waals surface area contributed by atoms with Crippen molar-refractivity contribution in [1.29, 1.82) is 0 Å². The van der Waals surface area contributed by atoms with Crippen LogP contribution in [0.5, 0.6) is 0 Å². The van der Waals surface area contributed by atoms with Crippen LogP contribution in [0, 0.1) is 5.92 Å². The molecular formula is C20H28ClN5O2. The number of benzene rings is 1. The molecule has 2 aromatic rings. The second-order valence-electron chi connectivity index (χ2n) is 7.54. The molecule has 1 saturated heterocycles. The molecule has 2 heterocycles. The van der Waals surface area contributed by atoms with E-state index in [0.717, 1.165) is 45.3 Å². The molecule has 1 aromatic heterocycles. The van der Waals surface area contributed by atoms with Crippen LogP contribution in [0.1, 0.15) is 43.0 Å². The van der Waals surface area contributed by atoms with E-state index in [0.29, 0.717) is 30.2 Å². The lowest BCUT2D eigenvalue weighted by atomic mass is 9.95. The van der Waals surface area contributed by atoms with Gasteiger partial charge in [-0.05, 0) is 44.3 Å². The standard InChI is InChI=1S/C20H27N5O2.ClH/c21-12-19-22-18(23-27-19)14-24-10-8-16(9-11-24)20(26)25(17-6-7-17)13-15-4-2-1-3-5-15;/h1-5,16-17H,6-14,21H2;1H. The molecule has 28 heavy (non-hydrogen) atoms. The van der Waals surface area contributed by atoms with Gasteiger partial charge in [0.25, 0.3) is 0 Å². The van der Waals surface area contributed by atoms with Crippen molar-refractivity contribution in [2.45, 2.75) is 51.4 Å². The fourth-order valence-electron chi connectivity index (χ4n) is 3.76. The summed E-state index contributed by atoms with van der Waals surface area (Å²) in [7, 11) is 0. The zero-order chi connectivity index (χ0) is 18.6. The number of hydrogen-bond donors (Lipinski definition) is 1. The van der Waals surface area contributed by atoms with E-state index in [1.807, 2.05) is 18.2 Å². The number of likely N-dealkylation sites (tertiary alicyclic amines) is 1. The van der Waals surface area contributed by atoms with Gasteiger partial charge in [0.1, 0.15) is 0 Å². The van der Waals surface area contributed by atoms with Crippen molar-refractivity contribution in [1.82, 2.24) is 19.9 Å². The van der Waals surface area contributed by atoms with Crippen LogP contribution in [0.2, 0.25) is 0 Å². The molecule has 8 heteroatoms. The van der Waals surface area contributed by atoms with Crippen molar-refractivity contribution in [3.63, 3.8) is 0 Å². The molecular weight excluding hydrogens is 378 g/mol. The fourth-order valence-corrected chi connectivity index (χ4v) is 3.76. The summed E-state index contributed by atoms with van der Waals surface area (Å²) in [6, 6.07) is 10.7. The van der Waals surface area contributed by atoms with Crippen LogP contribution in [0.4, 0.5) is 0 Å². The Kier molecular flexibility index (Phi) is 7.04. The number of carbonyl (C=O) groups excluding carboxylic acids is 1. The van der Waals surface area contributed by atoms with Crippen molar-refractivity contribution in [2.24, 2.45) is 11.7 Å². The van der Waals surface area contributed by atoms with Crippen molar-refractivity contribution in [3.05, 3.63) is 47.6 Å². The second kappa shape index (κ2) is 9.49. The van der Waals surface area contributed by atoms with E-state index in [4.69, 9.17) is 10.3 Å². The van der Waals surface area contributed by atoms with Crippen LogP contribution in [-0.2, 0) is 24.4 Å². The summed E-state index contributed by atoms with van der Waals surface area (Å²) in [6.07, 6.45) is 4.05. The van der Waals surface area contributed by atoms with E-state index in [1.54, 1.807) is 0 Å². The summed E-state index contributed by atoms with van der Waals surface area (Å²) >= 11 is 0. The molecule has 1 saturated carbocycles. The van der Waals surface area contributed by atoms with Crippen LogP contribution in [0.3, 0.4) is 0 Å². The van der Waals surface area contributed by atoms with Gasteiger partial charge in [-0.25, -0.2) is 0 Å². The summed E-state index contributed by atoms with van der Waals surface area (Å²) in [5.41, 5.74) is 6.72. The molecule has 7 nitrogen and oxygen atoms in total. The molecule has 2 aliphatic rings. The third-order valence-electron chi connectivity index (χ3n) is 5.45. The first-order chi connectivity index (χ1) is 13.2. The Labute approximate surface area is 171 Å². The highest BCUT2D eigenvalue weighted by Gasteiger charge is 2.37. The topological polar surface area (TPSA) is 88.5 Å². The highest BCUT2D eigenvalue weighted by molar-refractivity contribution is 5.85. The zero-order valence-electron chi connectivity index (χ0n) is 16.0. The number of piperidine rings is 1. The molecule has 0 atom stereocenters. The summed E-state index contributed by atoms with van der Waals surface area (Å²) in [5, 5.41) is 3.96. The Hall–Kier alpha value is -1.96. The molecule has 2 fully saturated rings. The van der Waals surface area contributed by atoms with Crippen molar-refractivity contribution in [2.75, 3.05) is 13.1 Å². The molecule has 4 rings (SSSR count). The highest BCUT2D eigenvalue weighted by atomic mass is 35.5. The molecule has 152 valence electrons. The first-order valence-corrected chi connectivity index (χ1v) is 9.81. The van der Waals surface area contributed by atoms with E-state index in [-0.39, 0.29) is 24.9 Å². The number of rotatable bonds is 7. The van der Waals surface area contributed by atoms with Crippen LogP contribution in [-0.4, -0.2) is 45.0 Å². The molecule has 0 radical (unpaired) electrons. The number of nitrogens with zero attached hydrogens (tertiary/aromatic N) is 4. The van der Waals surface area contributed by atoms with Gasteiger partial charge in [-0.15, -0.1) is 12.4 Å². The van der Waals surface area contributed by atoms with Gasteiger partial charge in [0.15, 0.2) is 5.82 Å². The Balaban J connectivity index is 0.00000225. The maximum absolute atomic E-state index is 13.1. The van der Waals surface area contributed by atoms with Crippen LogP contribution in [0.15, 0.2) is 34.9 Å². The highest BCUT2D eigenvalue weighted by Crippen LogP contribution is 2.32. The maximum atomic E-state index is 13.1. The maximum Gasteiger partial charge on any atom is 0.240 e. The molecule has 1 aromatic carbocycles. The van der Waals surface area contributed by atoms with E-state index in [2.05, 4.69) is 32.1 Å². The van der Waals surface area contributed by atoms with E-state index < -0.39 is 0 Å². The minimum Gasteiger partial charge on any atom is -0.338 e. The average molecular weight is 406 g/mol.